The summed E-state index contributed by atoms with van der Waals surface area (Å²) in [5.41, 5.74) is 0.404. The molecule has 0 aliphatic heterocycles. The normalized spacial score (nSPS) is 11.4. The van der Waals surface area contributed by atoms with Gasteiger partial charge in [0.05, 0.1) is 25.7 Å². The molecule has 0 aliphatic rings. The van der Waals surface area contributed by atoms with Gasteiger partial charge in [0, 0.05) is 6.42 Å². The number of hydrogen-bond acceptors (Lipinski definition) is 5. The van der Waals surface area contributed by atoms with Crippen molar-refractivity contribution < 1.29 is 29.0 Å². The van der Waals surface area contributed by atoms with Crippen molar-refractivity contribution in [3.8, 4) is 5.75 Å². The summed E-state index contributed by atoms with van der Waals surface area (Å²) in [5.74, 6) is -1.95. The van der Waals surface area contributed by atoms with Gasteiger partial charge in [0.2, 0.25) is 5.91 Å². The molecule has 0 unspecified atom stereocenters. The zero-order chi connectivity index (χ0) is 16.7. The van der Waals surface area contributed by atoms with E-state index in [1.165, 1.54) is 20.3 Å². The number of nitrogens with one attached hydrogen (secondary N) is 1. The van der Waals surface area contributed by atoms with E-state index >= 15 is 0 Å². The molecule has 0 saturated carbocycles. The molecule has 1 amide bonds. The molecule has 0 aliphatic carbocycles. The Morgan fingerprint density at radius 2 is 1.95 bits per heavy atom. The maximum absolute atomic E-state index is 11.8. The predicted octanol–water partition coefficient (Wildman–Crippen LogP) is 1.54. The van der Waals surface area contributed by atoms with Crippen LogP contribution < -0.4 is 10.1 Å². The fourth-order valence-electron chi connectivity index (χ4n) is 1.71. The number of hydrogen-bond donors (Lipinski definition) is 2. The van der Waals surface area contributed by atoms with Gasteiger partial charge in [0.15, 0.2) is 6.04 Å². The Kier molecular flexibility index (Phi) is 6.65. The number of carbonyl (C=O) groups is 3. The fourth-order valence-corrected chi connectivity index (χ4v) is 1.98. The topological polar surface area (TPSA) is 102 Å². The van der Waals surface area contributed by atoms with Crippen LogP contribution in [0.2, 0.25) is 5.02 Å². The van der Waals surface area contributed by atoms with E-state index in [2.05, 4.69) is 10.1 Å². The van der Waals surface area contributed by atoms with E-state index in [9.17, 15) is 14.4 Å². The number of esters is 1. The third kappa shape index (κ3) is 4.92. The first kappa shape index (κ1) is 17.8. The molecule has 1 aromatic carbocycles. The number of carboxylic acid groups (broad SMARTS) is 1. The molecule has 7 nitrogen and oxygen atoms in total. The Hall–Kier alpha value is -2.28. The molecule has 1 aromatic rings. The molecule has 0 radical (unpaired) electrons. The summed E-state index contributed by atoms with van der Waals surface area (Å²) in [6.45, 7) is 0. The van der Waals surface area contributed by atoms with E-state index in [0.717, 1.165) is 0 Å². The summed E-state index contributed by atoms with van der Waals surface area (Å²) in [6, 6.07) is 3.51. The average Bonchev–Trinajstić information content (AvgIpc) is 2.49. The van der Waals surface area contributed by atoms with Crippen molar-refractivity contribution in [1.82, 2.24) is 5.32 Å². The smallest absolute Gasteiger partial charge is 0.333 e. The lowest BCUT2D eigenvalue weighted by atomic mass is 10.1. The molecule has 1 atom stereocenters. The molecule has 1 rings (SSSR count). The van der Waals surface area contributed by atoms with Crippen LogP contribution in [0.25, 0.3) is 0 Å². The predicted molar refractivity (Wildman–Crippen MR) is 77.8 cm³/mol. The lowest BCUT2D eigenvalue weighted by Gasteiger charge is -2.17. The summed E-state index contributed by atoms with van der Waals surface area (Å²) < 4.78 is 9.66. The van der Waals surface area contributed by atoms with Gasteiger partial charge >= 0.3 is 11.9 Å². The molecule has 0 aromatic heterocycles. The molecule has 0 spiro atoms. The first-order valence-electron chi connectivity index (χ1n) is 6.31. The first-order chi connectivity index (χ1) is 10.4. The molecular formula is C14H16ClNO6. The van der Waals surface area contributed by atoms with Crippen molar-refractivity contribution >= 4 is 29.4 Å². The van der Waals surface area contributed by atoms with Crippen molar-refractivity contribution in [2.75, 3.05) is 14.2 Å². The molecule has 0 saturated heterocycles. The molecule has 0 heterocycles. The largest absolute Gasteiger partial charge is 0.495 e. The lowest BCUT2D eigenvalue weighted by molar-refractivity contribution is -0.145. The van der Waals surface area contributed by atoms with Gasteiger partial charge < -0.3 is 19.9 Å². The Bertz CT molecular complexity index is 574. The maximum atomic E-state index is 11.8. The molecule has 0 fully saturated rings. The monoisotopic (exact) mass is 329 g/mol. The Labute approximate surface area is 132 Å². The van der Waals surface area contributed by atoms with E-state index in [1.54, 1.807) is 12.1 Å². The first-order valence-corrected chi connectivity index (χ1v) is 6.69. The highest BCUT2D eigenvalue weighted by Crippen LogP contribution is 2.28. The van der Waals surface area contributed by atoms with E-state index < -0.39 is 23.9 Å². The van der Waals surface area contributed by atoms with Crippen LogP contribution in [-0.2, 0) is 19.1 Å². The van der Waals surface area contributed by atoms with Gasteiger partial charge in [-0.2, -0.15) is 0 Å². The van der Waals surface area contributed by atoms with Crippen LogP contribution in [0, 0.1) is 0 Å². The third-order valence-corrected chi connectivity index (χ3v) is 3.11. The summed E-state index contributed by atoms with van der Waals surface area (Å²) in [7, 11) is 2.64. The summed E-state index contributed by atoms with van der Waals surface area (Å²) in [5, 5.41) is 11.3. The van der Waals surface area contributed by atoms with Crippen LogP contribution in [0.4, 0.5) is 0 Å². The number of benzene rings is 1. The Morgan fingerprint density at radius 3 is 2.45 bits per heavy atom. The zero-order valence-corrected chi connectivity index (χ0v) is 12.8. The van der Waals surface area contributed by atoms with Crippen LogP contribution in [0.5, 0.6) is 5.75 Å². The number of carbonyl (C=O) groups excluding carboxylic acids is 2. The van der Waals surface area contributed by atoms with E-state index in [-0.39, 0.29) is 17.9 Å². The van der Waals surface area contributed by atoms with Crippen molar-refractivity contribution in [3.63, 3.8) is 0 Å². The highest BCUT2D eigenvalue weighted by Gasteiger charge is 2.24. The minimum Gasteiger partial charge on any atom is -0.495 e. The third-order valence-electron chi connectivity index (χ3n) is 2.82. The van der Waals surface area contributed by atoms with E-state index in [1.807, 2.05) is 0 Å². The van der Waals surface area contributed by atoms with Gasteiger partial charge in [-0.3, -0.25) is 9.59 Å². The quantitative estimate of drug-likeness (QED) is 0.736. The number of carboxylic acids is 1. The minimum atomic E-state index is -1.10. The molecule has 22 heavy (non-hydrogen) atoms. The van der Waals surface area contributed by atoms with Crippen molar-refractivity contribution in [2.45, 2.75) is 18.9 Å². The molecular weight excluding hydrogens is 314 g/mol. The number of amides is 1. The second-order valence-electron chi connectivity index (χ2n) is 4.31. The summed E-state index contributed by atoms with van der Waals surface area (Å²) >= 11 is 5.99. The minimum absolute atomic E-state index is 0.243. The van der Waals surface area contributed by atoms with E-state index in [0.29, 0.717) is 11.3 Å². The van der Waals surface area contributed by atoms with Crippen LogP contribution in [0.1, 0.15) is 24.4 Å². The van der Waals surface area contributed by atoms with Crippen molar-refractivity contribution in [3.05, 3.63) is 28.8 Å². The van der Waals surface area contributed by atoms with Crippen molar-refractivity contribution in [1.29, 1.82) is 0 Å². The van der Waals surface area contributed by atoms with Gasteiger partial charge in [-0.05, 0) is 17.7 Å². The number of halogens is 1. The number of ether oxygens (including phenoxy) is 2. The SMILES string of the molecule is COC(=O)[C@H](NC(=O)CCC(=O)O)c1ccc(OC)c(Cl)c1. The summed E-state index contributed by atoms with van der Waals surface area (Å²) in [6.07, 6.45) is -0.574. The van der Waals surface area contributed by atoms with E-state index in [4.69, 9.17) is 21.4 Å². The van der Waals surface area contributed by atoms with Gasteiger partial charge in [-0.1, -0.05) is 17.7 Å². The average molecular weight is 330 g/mol. The number of rotatable bonds is 7. The second-order valence-corrected chi connectivity index (χ2v) is 4.72. The summed E-state index contributed by atoms with van der Waals surface area (Å²) in [4.78, 5) is 34.0. The molecule has 0 bridgehead atoms. The molecule has 120 valence electrons. The Morgan fingerprint density at radius 1 is 1.27 bits per heavy atom. The second kappa shape index (κ2) is 8.23. The van der Waals surface area contributed by atoms with Gasteiger partial charge in [0.25, 0.3) is 0 Å². The van der Waals surface area contributed by atoms with Gasteiger partial charge in [0.1, 0.15) is 5.75 Å². The van der Waals surface area contributed by atoms with Gasteiger partial charge in [-0.25, -0.2) is 4.79 Å². The van der Waals surface area contributed by atoms with Crippen LogP contribution in [-0.4, -0.2) is 37.2 Å². The van der Waals surface area contributed by atoms with Crippen LogP contribution in [0.15, 0.2) is 18.2 Å². The van der Waals surface area contributed by atoms with Crippen LogP contribution >= 0.6 is 11.6 Å². The maximum Gasteiger partial charge on any atom is 0.333 e. The highest BCUT2D eigenvalue weighted by molar-refractivity contribution is 6.32. The zero-order valence-electron chi connectivity index (χ0n) is 12.1. The van der Waals surface area contributed by atoms with Crippen molar-refractivity contribution in [2.24, 2.45) is 0 Å². The number of methoxy groups -OCH3 is 2. The standard InChI is InChI=1S/C14H16ClNO6/c1-21-10-4-3-8(7-9(10)15)13(14(20)22-2)16-11(17)5-6-12(18)19/h3-4,7,13H,5-6H2,1-2H3,(H,16,17)(H,18,19)/t13-/m1/s1. The highest BCUT2D eigenvalue weighted by atomic mass is 35.5. The fraction of sp³-hybridized carbons (Fsp3) is 0.357. The van der Waals surface area contributed by atoms with Crippen LogP contribution in [0.3, 0.4) is 0 Å². The Balaban J connectivity index is 2.93. The van der Waals surface area contributed by atoms with Gasteiger partial charge in [-0.15, -0.1) is 0 Å². The molecule has 2 N–H and O–H groups in total. The molecule has 8 heteroatoms. The lowest BCUT2D eigenvalue weighted by Crippen LogP contribution is -2.34. The number of aliphatic carboxylic acids is 1.